The Morgan fingerprint density at radius 1 is 1.10 bits per heavy atom. The first-order valence-corrected chi connectivity index (χ1v) is 8.12. The lowest BCUT2D eigenvalue weighted by atomic mass is 9.50. The normalized spacial score (nSPS) is 47.7. The van der Waals surface area contributed by atoms with Gasteiger partial charge < -0.3 is 0 Å². The van der Waals surface area contributed by atoms with Crippen molar-refractivity contribution in [1.29, 1.82) is 0 Å². The number of rotatable bonds is 0. The van der Waals surface area contributed by atoms with Crippen LogP contribution in [0.3, 0.4) is 0 Å². The Kier molecular flexibility index (Phi) is 2.56. The van der Waals surface area contributed by atoms with Crippen molar-refractivity contribution < 1.29 is 9.59 Å². The van der Waals surface area contributed by atoms with Crippen LogP contribution in [0.2, 0.25) is 0 Å². The van der Waals surface area contributed by atoms with Crippen LogP contribution in [-0.2, 0) is 9.59 Å². The zero-order valence-corrected chi connectivity index (χ0v) is 12.8. The number of carbonyl (C=O) groups excluding carboxylic acids is 2. The molecule has 4 aliphatic carbocycles. The molecule has 2 nitrogen and oxygen atoms in total. The van der Waals surface area contributed by atoms with Gasteiger partial charge in [0.2, 0.25) is 0 Å². The maximum Gasteiger partial charge on any atom is 0.178 e. The SMILES string of the molecule is C[C@]12C=CC(=O)C=C1C=CC1C2CC[C@]2(C)C(=O)CCC12. The lowest BCUT2D eigenvalue weighted by molar-refractivity contribution is -0.130. The number of hydrogen-bond acceptors (Lipinski definition) is 2. The van der Waals surface area contributed by atoms with Crippen LogP contribution in [0, 0.1) is 28.6 Å². The fraction of sp³-hybridized carbons (Fsp3) is 0.579. The van der Waals surface area contributed by atoms with Crippen LogP contribution in [0.25, 0.3) is 0 Å². The van der Waals surface area contributed by atoms with Crippen LogP contribution >= 0.6 is 0 Å². The molecule has 0 N–H and O–H groups in total. The quantitative estimate of drug-likeness (QED) is 0.680. The molecular weight excluding hydrogens is 260 g/mol. The lowest BCUT2D eigenvalue weighted by Crippen LogP contribution is -2.48. The minimum Gasteiger partial charge on any atom is -0.299 e. The molecule has 0 spiro atoms. The number of ketones is 2. The van der Waals surface area contributed by atoms with Gasteiger partial charge in [0.1, 0.15) is 5.78 Å². The van der Waals surface area contributed by atoms with E-state index in [1.165, 1.54) is 0 Å². The number of Topliss-reactive ketones (excluding diaryl/α,β-unsaturated/α-hetero) is 1. The second kappa shape index (κ2) is 4.06. The van der Waals surface area contributed by atoms with Gasteiger partial charge in [0.05, 0.1) is 0 Å². The Balaban J connectivity index is 1.78. The molecule has 0 saturated heterocycles. The van der Waals surface area contributed by atoms with Gasteiger partial charge in [0.15, 0.2) is 5.78 Å². The third kappa shape index (κ3) is 1.59. The fourth-order valence-corrected chi connectivity index (χ4v) is 5.42. The van der Waals surface area contributed by atoms with E-state index >= 15 is 0 Å². The van der Waals surface area contributed by atoms with Crippen LogP contribution < -0.4 is 0 Å². The third-order valence-electron chi connectivity index (χ3n) is 6.82. The van der Waals surface area contributed by atoms with Gasteiger partial charge in [-0.2, -0.15) is 0 Å². The van der Waals surface area contributed by atoms with Crippen molar-refractivity contribution in [3.05, 3.63) is 36.0 Å². The minimum absolute atomic E-state index is 0.0275. The predicted octanol–water partition coefficient (Wildman–Crippen LogP) is 3.64. The molecule has 0 aromatic heterocycles. The van der Waals surface area contributed by atoms with Gasteiger partial charge in [-0.3, -0.25) is 9.59 Å². The van der Waals surface area contributed by atoms with Gasteiger partial charge in [-0.15, -0.1) is 0 Å². The molecule has 0 amide bonds. The van der Waals surface area contributed by atoms with Crippen molar-refractivity contribution in [2.75, 3.05) is 0 Å². The van der Waals surface area contributed by atoms with Gasteiger partial charge in [0.25, 0.3) is 0 Å². The molecule has 0 aromatic rings. The van der Waals surface area contributed by atoms with Crippen LogP contribution in [0.4, 0.5) is 0 Å². The second-order valence-corrected chi connectivity index (χ2v) is 7.69. The number of carbonyl (C=O) groups is 2. The monoisotopic (exact) mass is 282 g/mol. The molecule has 5 atom stereocenters. The molecule has 4 rings (SSSR count). The summed E-state index contributed by atoms with van der Waals surface area (Å²) in [5.74, 6) is 2.07. The zero-order valence-electron chi connectivity index (χ0n) is 12.8. The molecule has 0 aliphatic heterocycles. The average molecular weight is 282 g/mol. The Bertz CT molecular complexity index is 623. The van der Waals surface area contributed by atoms with Crippen LogP contribution in [0.5, 0.6) is 0 Å². The Labute approximate surface area is 126 Å². The summed E-state index contributed by atoms with van der Waals surface area (Å²) < 4.78 is 0. The van der Waals surface area contributed by atoms with E-state index in [1.54, 1.807) is 12.2 Å². The summed E-state index contributed by atoms with van der Waals surface area (Å²) in [5, 5.41) is 0. The number of hydrogen-bond donors (Lipinski definition) is 0. The summed E-state index contributed by atoms with van der Waals surface area (Å²) in [7, 11) is 0. The molecule has 2 fully saturated rings. The highest BCUT2D eigenvalue weighted by molar-refractivity contribution is 6.01. The Morgan fingerprint density at radius 3 is 2.71 bits per heavy atom. The highest BCUT2D eigenvalue weighted by Crippen LogP contribution is 2.61. The van der Waals surface area contributed by atoms with Crippen molar-refractivity contribution in [3.63, 3.8) is 0 Å². The summed E-state index contributed by atoms with van der Waals surface area (Å²) in [6, 6.07) is 0. The summed E-state index contributed by atoms with van der Waals surface area (Å²) >= 11 is 0. The second-order valence-electron chi connectivity index (χ2n) is 7.69. The maximum atomic E-state index is 12.3. The first-order valence-electron chi connectivity index (χ1n) is 8.12. The minimum atomic E-state index is -0.0999. The zero-order chi connectivity index (χ0) is 14.8. The van der Waals surface area contributed by atoms with E-state index in [0.29, 0.717) is 23.5 Å². The topological polar surface area (TPSA) is 34.1 Å². The summed E-state index contributed by atoms with van der Waals surface area (Å²) in [4.78, 5) is 24.0. The van der Waals surface area contributed by atoms with Crippen molar-refractivity contribution in [2.45, 2.75) is 39.5 Å². The van der Waals surface area contributed by atoms with Crippen molar-refractivity contribution in [1.82, 2.24) is 0 Å². The van der Waals surface area contributed by atoms with Gasteiger partial charge >= 0.3 is 0 Å². The molecule has 2 saturated carbocycles. The van der Waals surface area contributed by atoms with Crippen LogP contribution in [0.1, 0.15) is 39.5 Å². The van der Waals surface area contributed by atoms with E-state index in [-0.39, 0.29) is 16.6 Å². The molecule has 0 radical (unpaired) electrons. The molecule has 4 aliphatic rings. The highest BCUT2D eigenvalue weighted by Gasteiger charge is 2.57. The molecule has 0 heterocycles. The van der Waals surface area contributed by atoms with E-state index in [4.69, 9.17) is 0 Å². The average Bonchev–Trinajstić information content (AvgIpc) is 2.76. The molecule has 0 aromatic carbocycles. The van der Waals surface area contributed by atoms with E-state index in [0.717, 1.165) is 31.3 Å². The standard InChI is InChI=1S/C19H22O2/c1-18-9-7-13(20)11-12(18)3-4-14-15-5-6-17(21)19(15,2)10-8-16(14)18/h3-4,7,9,11,14-16H,5-6,8,10H2,1-2H3/t14?,15?,16?,18-,19-/m0/s1. The molecule has 110 valence electrons. The molecule has 2 heteroatoms. The van der Waals surface area contributed by atoms with Gasteiger partial charge in [-0.25, -0.2) is 0 Å². The summed E-state index contributed by atoms with van der Waals surface area (Å²) in [6.07, 6.45) is 14.0. The predicted molar refractivity (Wildman–Crippen MR) is 81.5 cm³/mol. The largest absolute Gasteiger partial charge is 0.299 e. The summed E-state index contributed by atoms with van der Waals surface area (Å²) in [5.41, 5.74) is 1.03. The van der Waals surface area contributed by atoms with Gasteiger partial charge in [-0.05, 0) is 54.7 Å². The molecule has 21 heavy (non-hydrogen) atoms. The number of allylic oxidation sites excluding steroid dienone is 6. The number of fused-ring (bicyclic) bond motifs is 5. The molecular formula is C19H22O2. The molecule has 3 unspecified atom stereocenters. The van der Waals surface area contributed by atoms with Crippen molar-refractivity contribution in [3.8, 4) is 0 Å². The fourth-order valence-electron chi connectivity index (χ4n) is 5.42. The maximum absolute atomic E-state index is 12.3. The first kappa shape index (κ1) is 13.2. The lowest BCUT2D eigenvalue weighted by Gasteiger charge is -2.53. The van der Waals surface area contributed by atoms with Crippen molar-refractivity contribution in [2.24, 2.45) is 28.6 Å². The Morgan fingerprint density at radius 2 is 1.90 bits per heavy atom. The van der Waals surface area contributed by atoms with Crippen LogP contribution in [0.15, 0.2) is 36.0 Å². The van der Waals surface area contributed by atoms with E-state index in [1.807, 2.05) is 0 Å². The van der Waals surface area contributed by atoms with E-state index in [9.17, 15) is 9.59 Å². The summed E-state index contributed by atoms with van der Waals surface area (Å²) in [6.45, 7) is 4.45. The van der Waals surface area contributed by atoms with Gasteiger partial charge in [-0.1, -0.05) is 32.1 Å². The van der Waals surface area contributed by atoms with E-state index in [2.05, 4.69) is 32.1 Å². The first-order chi connectivity index (χ1) is 9.95. The van der Waals surface area contributed by atoms with Crippen molar-refractivity contribution >= 4 is 11.6 Å². The molecule has 0 bridgehead atoms. The van der Waals surface area contributed by atoms with Crippen LogP contribution in [-0.4, -0.2) is 11.6 Å². The Hall–Kier alpha value is -1.44. The third-order valence-corrected chi connectivity index (χ3v) is 6.82. The highest BCUT2D eigenvalue weighted by atomic mass is 16.1. The van der Waals surface area contributed by atoms with E-state index < -0.39 is 0 Å². The van der Waals surface area contributed by atoms with Gasteiger partial charge in [0, 0.05) is 17.3 Å². The smallest absolute Gasteiger partial charge is 0.178 e.